The monoisotopic (exact) mass is 397 g/mol. The van der Waals surface area contributed by atoms with E-state index in [0.717, 1.165) is 6.07 Å². The summed E-state index contributed by atoms with van der Waals surface area (Å²) < 4.78 is 43.6. The zero-order valence-electron chi connectivity index (χ0n) is 14.6. The van der Waals surface area contributed by atoms with Crippen molar-refractivity contribution in [2.75, 3.05) is 45.2 Å². The maximum Gasteiger partial charge on any atom is 0.418 e. The van der Waals surface area contributed by atoms with Gasteiger partial charge >= 0.3 is 6.18 Å². The van der Waals surface area contributed by atoms with Crippen molar-refractivity contribution in [3.05, 3.63) is 29.8 Å². The highest BCUT2D eigenvalue weighted by Gasteiger charge is 2.33. The number of ether oxygens (including phenoxy) is 1. The minimum Gasteiger partial charge on any atom is -0.383 e. The first-order valence-corrected chi connectivity index (χ1v) is 7.73. The van der Waals surface area contributed by atoms with E-state index in [1.165, 1.54) is 30.2 Å². The third-order valence-corrected chi connectivity index (χ3v) is 3.33. The molecule has 2 N–H and O–H groups in total. The van der Waals surface area contributed by atoms with Crippen LogP contribution in [0, 0.1) is 0 Å². The number of anilines is 1. The summed E-state index contributed by atoms with van der Waals surface area (Å²) in [5.41, 5.74) is -1.26. The molecule has 0 bridgehead atoms. The molecule has 0 fully saturated rings. The number of likely N-dealkylation sites (N-methyl/N-ethyl adjacent to an activating group) is 1. The van der Waals surface area contributed by atoms with Crippen LogP contribution in [0.5, 0.6) is 0 Å². The second-order valence-electron chi connectivity index (χ2n) is 5.17. The fraction of sp³-hybridized carbons (Fsp3) is 0.500. The molecule has 0 radical (unpaired) electrons. The number of hydrogen-bond acceptors (Lipinski definition) is 4. The molecule has 1 rings (SSSR count). The number of halogens is 4. The quantitative estimate of drug-likeness (QED) is 0.626. The molecule has 0 aliphatic carbocycles. The van der Waals surface area contributed by atoms with E-state index < -0.39 is 17.6 Å². The smallest absolute Gasteiger partial charge is 0.383 e. The third kappa shape index (κ3) is 8.03. The lowest BCUT2D eigenvalue weighted by Crippen LogP contribution is -2.43. The largest absolute Gasteiger partial charge is 0.418 e. The van der Waals surface area contributed by atoms with Crippen molar-refractivity contribution in [1.29, 1.82) is 0 Å². The number of hydrogen-bond donors (Lipinski definition) is 2. The normalized spacial score (nSPS) is 10.8. The Labute approximate surface area is 156 Å². The molecule has 0 spiro atoms. The van der Waals surface area contributed by atoms with Gasteiger partial charge in [-0.3, -0.25) is 9.59 Å². The molecule has 0 aromatic heterocycles. The average molecular weight is 398 g/mol. The molecule has 1 aromatic rings. The first-order valence-electron chi connectivity index (χ1n) is 7.73. The van der Waals surface area contributed by atoms with Gasteiger partial charge in [0.2, 0.25) is 11.8 Å². The number of methoxy groups -OCH3 is 1. The van der Waals surface area contributed by atoms with E-state index in [4.69, 9.17) is 4.74 Å². The molecule has 26 heavy (non-hydrogen) atoms. The highest BCUT2D eigenvalue weighted by Crippen LogP contribution is 2.34. The molecule has 0 atom stereocenters. The fourth-order valence-corrected chi connectivity index (χ4v) is 2.06. The van der Waals surface area contributed by atoms with E-state index in [0.29, 0.717) is 13.2 Å². The van der Waals surface area contributed by atoms with Gasteiger partial charge in [-0.1, -0.05) is 12.1 Å². The molecular formula is C16H23ClF3N3O3. The fourth-order valence-electron chi connectivity index (χ4n) is 2.06. The number of nitrogens with zero attached hydrogens (tertiary/aromatic N) is 1. The Morgan fingerprint density at radius 1 is 1.23 bits per heavy atom. The maximum absolute atomic E-state index is 12.9. The highest BCUT2D eigenvalue weighted by atomic mass is 35.5. The topological polar surface area (TPSA) is 70.7 Å². The highest BCUT2D eigenvalue weighted by molar-refractivity contribution is 5.95. The molecule has 0 aliphatic heterocycles. The van der Waals surface area contributed by atoms with Crippen molar-refractivity contribution in [2.24, 2.45) is 0 Å². The van der Waals surface area contributed by atoms with Gasteiger partial charge in [0, 0.05) is 20.2 Å². The molecule has 1 aromatic carbocycles. The molecule has 0 saturated carbocycles. The SMILES string of the molecule is CCN(CC(=O)Nc1ccccc1C(F)(F)F)C(=O)CNCCOC.Cl. The summed E-state index contributed by atoms with van der Waals surface area (Å²) in [6, 6.07) is 4.70. The van der Waals surface area contributed by atoms with Gasteiger partial charge in [-0.15, -0.1) is 12.4 Å². The van der Waals surface area contributed by atoms with E-state index in [1.807, 2.05) is 0 Å². The van der Waals surface area contributed by atoms with Crippen molar-refractivity contribution < 1.29 is 27.5 Å². The number of benzene rings is 1. The summed E-state index contributed by atoms with van der Waals surface area (Å²) in [7, 11) is 1.53. The number of rotatable bonds is 9. The summed E-state index contributed by atoms with van der Waals surface area (Å²) >= 11 is 0. The van der Waals surface area contributed by atoms with Crippen molar-refractivity contribution in [1.82, 2.24) is 10.2 Å². The molecule has 0 unspecified atom stereocenters. The Bertz CT molecular complexity index is 585. The maximum atomic E-state index is 12.9. The van der Waals surface area contributed by atoms with E-state index in [-0.39, 0.29) is 43.6 Å². The van der Waals surface area contributed by atoms with Gasteiger partial charge in [0.15, 0.2) is 0 Å². The third-order valence-electron chi connectivity index (χ3n) is 3.33. The van der Waals surface area contributed by atoms with Crippen molar-refractivity contribution in [2.45, 2.75) is 13.1 Å². The molecule has 10 heteroatoms. The van der Waals surface area contributed by atoms with Gasteiger partial charge in [0.1, 0.15) is 0 Å². The second kappa shape index (κ2) is 11.7. The number of alkyl halides is 3. The van der Waals surface area contributed by atoms with E-state index in [9.17, 15) is 22.8 Å². The minimum absolute atomic E-state index is 0. The van der Waals surface area contributed by atoms with Crippen molar-refractivity contribution in [3.8, 4) is 0 Å². The van der Waals surface area contributed by atoms with Crippen molar-refractivity contribution in [3.63, 3.8) is 0 Å². The Kier molecular flexibility index (Phi) is 10.9. The van der Waals surface area contributed by atoms with Crippen LogP contribution in [0.15, 0.2) is 24.3 Å². The van der Waals surface area contributed by atoms with Crippen LogP contribution in [-0.2, 0) is 20.5 Å². The zero-order chi connectivity index (χ0) is 18.9. The first-order chi connectivity index (χ1) is 11.8. The van der Waals surface area contributed by atoms with Crippen LogP contribution in [0.3, 0.4) is 0 Å². The van der Waals surface area contributed by atoms with Crippen LogP contribution in [0.4, 0.5) is 18.9 Å². The number of carbonyl (C=O) groups is 2. The standard InChI is InChI=1S/C16H22F3N3O3.ClH/c1-3-22(15(24)10-20-8-9-25-2)11-14(23)21-13-7-5-4-6-12(13)16(17,18)19;/h4-7,20H,3,8-11H2,1-2H3,(H,21,23);1H. The number of para-hydroxylation sites is 1. The van der Waals surface area contributed by atoms with Gasteiger partial charge in [0.05, 0.1) is 30.9 Å². The van der Waals surface area contributed by atoms with E-state index >= 15 is 0 Å². The number of amides is 2. The first kappa shape index (κ1) is 24.2. The predicted octanol–water partition coefficient (Wildman–Crippen LogP) is 2.15. The molecule has 0 aliphatic rings. The Balaban J connectivity index is 0.00000625. The summed E-state index contributed by atoms with van der Waals surface area (Å²) in [5, 5.41) is 5.08. The molecule has 0 saturated heterocycles. The minimum atomic E-state index is -4.57. The predicted molar refractivity (Wildman–Crippen MR) is 94.3 cm³/mol. The van der Waals surface area contributed by atoms with Gasteiger partial charge in [-0.2, -0.15) is 13.2 Å². The Hall–Kier alpha value is -1.84. The Morgan fingerprint density at radius 3 is 2.46 bits per heavy atom. The number of nitrogens with one attached hydrogen (secondary N) is 2. The summed E-state index contributed by atoms with van der Waals surface area (Å²) in [6.45, 7) is 2.55. The molecule has 6 nitrogen and oxygen atoms in total. The Morgan fingerprint density at radius 2 is 1.88 bits per heavy atom. The number of carbonyl (C=O) groups excluding carboxylic acids is 2. The van der Waals surface area contributed by atoms with Gasteiger partial charge < -0.3 is 20.3 Å². The molecular weight excluding hydrogens is 375 g/mol. The lowest BCUT2D eigenvalue weighted by molar-refractivity contribution is -0.137. The van der Waals surface area contributed by atoms with Crippen molar-refractivity contribution >= 4 is 29.9 Å². The lowest BCUT2D eigenvalue weighted by atomic mass is 10.1. The lowest BCUT2D eigenvalue weighted by Gasteiger charge is -2.21. The molecule has 148 valence electrons. The summed E-state index contributed by atoms with van der Waals surface area (Å²) in [4.78, 5) is 25.3. The second-order valence-corrected chi connectivity index (χ2v) is 5.17. The van der Waals surface area contributed by atoms with Crippen LogP contribution in [0.2, 0.25) is 0 Å². The van der Waals surface area contributed by atoms with Gasteiger partial charge in [-0.05, 0) is 19.1 Å². The average Bonchev–Trinajstić information content (AvgIpc) is 2.56. The van der Waals surface area contributed by atoms with E-state index in [1.54, 1.807) is 6.92 Å². The van der Waals surface area contributed by atoms with Crippen LogP contribution in [0.25, 0.3) is 0 Å². The van der Waals surface area contributed by atoms with Crippen LogP contribution < -0.4 is 10.6 Å². The van der Waals surface area contributed by atoms with Crippen LogP contribution >= 0.6 is 12.4 Å². The van der Waals surface area contributed by atoms with Gasteiger partial charge in [-0.25, -0.2) is 0 Å². The van der Waals surface area contributed by atoms with Crippen LogP contribution in [0.1, 0.15) is 12.5 Å². The molecule has 2 amide bonds. The van der Waals surface area contributed by atoms with Crippen LogP contribution in [-0.4, -0.2) is 56.6 Å². The zero-order valence-corrected chi connectivity index (χ0v) is 15.4. The molecule has 0 heterocycles. The summed E-state index contributed by atoms with van der Waals surface area (Å²) in [6.07, 6.45) is -4.57. The van der Waals surface area contributed by atoms with E-state index in [2.05, 4.69) is 10.6 Å². The summed E-state index contributed by atoms with van der Waals surface area (Å²) in [5.74, 6) is -1.01. The van der Waals surface area contributed by atoms with Gasteiger partial charge in [0.25, 0.3) is 0 Å².